The first-order valence-electron chi connectivity index (χ1n) is 4.48. The Morgan fingerprint density at radius 3 is 1.57 bits per heavy atom. The summed E-state index contributed by atoms with van der Waals surface area (Å²) in [5.41, 5.74) is -0.816. The van der Waals surface area contributed by atoms with Crippen molar-refractivity contribution in [1.82, 2.24) is 5.32 Å². The fraction of sp³-hybridized carbons (Fsp3) is 0.700. The number of rotatable bonds is 4. The van der Waals surface area contributed by atoms with Crippen LogP contribution in [0.3, 0.4) is 0 Å². The van der Waals surface area contributed by atoms with E-state index in [1.807, 2.05) is 0 Å². The standard InChI is InChI=1S/C10H17NO3/c1-6(12)9(7(2)13)10(4,5)11-8(3)14/h9H,1-5H3,(H,11,14). The fourth-order valence-electron chi connectivity index (χ4n) is 1.83. The summed E-state index contributed by atoms with van der Waals surface area (Å²) in [6.07, 6.45) is 0. The SMILES string of the molecule is CC(=O)NC(C)(C)C(C(C)=O)C(C)=O. The molecule has 0 rings (SSSR count). The second-order valence-electron chi connectivity index (χ2n) is 4.06. The lowest BCUT2D eigenvalue weighted by Crippen LogP contribution is -2.53. The van der Waals surface area contributed by atoms with E-state index in [1.54, 1.807) is 13.8 Å². The van der Waals surface area contributed by atoms with Crippen LogP contribution in [-0.2, 0) is 14.4 Å². The zero-order valence-corrected chi connectivity index (χ0v) is 9.30. The van der Waals surface area contributed by atoms with Gasteiger partial charge in [-0.2, -0.15) is 0 Å². The molecule has 0 bridgehead atoms. The first kappa shape index (κ1) is 12.8. The van der Waals surface area contributed by atoms with Crippen LogP contribution in [0.1, 0.15) is 34.6 Å². The molecule has 0 saturated carbocycles. The maximum Gasteiger partial charge on any atom is 0.217 e. The molecule has 0 radical (unpaired) electrons. The van der Waals surface area contributed by atoms with E-state index in [-0.39, 0.29) is 17.5 Å². The molecule has 0 aromatic carbocycles. The van der Waals surface area contributed by atoms with Crippen LogP contribution in [0.15, 0.2) is 0 Å². The van der Waals surface area contributed by atoms with Crippen LogP contribution in [-0.4, -0.2) is 23.0 Å². The molecule has 0 atom stereocenters. The van der Waals surface area contributed by atoms with Crippen LogP contribution in [0.4, 0.5) is 0 Å². The summed E-state index contributed by atoms with van der Waals surface area (Å²) < 4.78 is 0. The number of Topliss-reactive ketones (excluding diaryl/α,β-unsaturated/α-hetero) is 2. The Labute approximate surface area is 84.1 Å². The Morgan fingerprint density at radius 2 is 1.36 bits per heavy atom. The molecule has 1 N–H and O–H groups in total. The van der Waals surface area contributed by atoms with Gasteiger partial charge in [0.2, 0.25) is 5.91 Å². The van der Waals surface area contributed by atoms with Gasteiger partial charge in [-0.25, -0.2) is 0 Å². The first-order chi connectivity index (χ1) is 6.18. The van der Waals surface area contributed by atoms with Crippen LogP contribution in [0.2, 0.25) is 0 Å². The molecule has 0 saturated heterocycles. The highest BCUT2D eigenvalue weighted by molar-refractivity contribution is 6.02. The average Bonchev–Trinajstić information content (AvgIpc) is 1.77. The highest BCUT2D eigenvalue weighted by Crippen LogP contribution is 2.18. The molecule has 0 fully saturated rings. The Hall–Kier alpha value is -1.19. The van der Waals surface area contributed by atoms with E-state index in [2.05, 4.69) is 5.32 Å². The fourth-order valence-corrected chi connectivity index (χ4v) is 1.83. The maximum atomic E-state index is 11.2. The third-order valence-corrected chi connectivity index (χ3v) is 2.03. The lowest BCUT2D eigenvalue weighted by Gasteiger charge is -2.31. The Balaban J connectivity index is 4.89. The number of nitrogens with one attached hydrogen (secondary N) is 1. The van der Waals surface area contributed by atoms with Gasteiger partial charge >= 0.3 is 0 Å². The predicted octanol–water partition coefficient (Wildman–Crippen LogP) is 0.695. The predicted molar refractivity (Wildman–Crippen MR) is 52.7 cm³/mol. The van der Waals surface area contributed by atoms with E-state index in [9.17, 15) is 14.4 Å². The monoisotopic (exact) mass is 199 g/mol. The van der Waals surface area contributed by atoms with Gasteiger partial charge in [-0.15, -0.1) is 0 Å². The third kappa shape index (κ3) is 3.28. The van der Waals surface area contributed by atoms with E-state index < -0.39 is 11.5 Å². The van der Waals surface area contributed by atoms with Crippen molar-refractivity contribution in [3.05, 3.63) is 0 Å². The zero-order chi connectivity index (χ0) is 11.5. The smallest absolute Gasteiger partial charge is 0.217 e. The normalized spacial score (nSPS) is 11.3. The molecule has 0 aromatic rings. The molecule has 0 aliphatic heterocycles. The molecular formula is C10H17NO3. The summed E-state index contributed by atoms with van der Waals surface area (Å²) >= 11 is 0. The molecule has 0 aliphatic carbocycles. The molecule has 0 aliphatic rings. The molecule has 0 heterocycles. The molecule has 4 heteroatoms. The largest absolute Gasteiger partial charge is 0.350 e. The summed E-state index contributed by atoms with van der Waals surface area (Å²) in [6.45, 7) is 7.41. The van der Waals surface area contributed by atoms with Gasteiger partial charge in [0.05, 0.1) is 11.5 Å². The first-order valence-corrected chi connectivity index (χ1v) is 4.48. The Kier molecular flexibility index (Phi) is 3.98. The molecule has 4 nitrogen and oxygen atoms in total. The lowest BCUT2D eigenvalue weighted by molar-refractivity contribution is -0.134. The summed E-state index contributed by atoms with van der Waals surface area (Å²) in [4.78, 5) is 33.4. The lowest BCUT2D eigenvalue weighted by atomic mass is 9.82. The van der Waals surface area contributed by atoms with Gasteiger partial charge in [0.1, 0.15) is 11.6 Å². The van der Waals surface area contributed by atoms with Crippen molar-refractivity contribution in [3.63, 3.8) is 0 Å². The number of carbonyl (C=O) groups is 3. The van der Waals surface area contributed by atoms with Crippen molar-refractivity contribution < 1.29 is 14.4 Å². The number of hydrogen-bond acceptors (Lipinski definition) is 3. The number of hydrogen-bond donors (Lipinski definition) is 1. The second kappa shape index (κ2) is 4.35. The minimum atomic E-state index is -0.816. The topological polar surface area (TPSA) is 63.2 Å². The molecular weight excluding hydrogens is 182 g/mol. The molecule has 1 amide bonds. The molecule has 80 valence electrons. The summed E-state index contributed by atoms with van der Waals surface area (Å²) in [5.74, 6) is -1.47. The van der Waals surface area contributed by atoms with E-state index in [4.69, 9.17) is 0 Å². The molecule has 0 aromatic heterocycles. The van der Waals surface area contributed by atoms with Crippen LogP contribution in [0.5, 0.6) is 0 Å². The second-order valence-corrected chi connectivity index (χ2v) is 4.06. The van der Waals surface area contributed by atoms with Crippen molar-refractivity contribution in [3.8, 4) is 0 Å². The van der Waals surface area contributed by atoms with Crippen molar-refractivity contribution in [2.24, 2.45) is 5.92 Å². The average molecular weight is 199 g/mol. The zero-order valence-electron chi connectivity index (χ0n) is 9.30. The summed E-state index contributed by atoms with van der Waals surface area (Å²) in [7, 11) is 0. The maximum absolute atomic E-state index is 11.2. The number of amides is 1. The van der Waals surface area contributed by atoms with E-state index in [0.717, 1.165) is 0 Å². The summed E-state index contributed by atoms with van der Waals surface area (Å²) in [6, 6.07) is 0. The van der Waals surface area contributed by atoms with Crippen LogP contribution >= 0.6 is 0 Å². The van der Waals surface area contributed by atoms with Gasteiger partial charge in [0, 0.05) is 6.92 Å². The molecule has 14 heavy (non-hydrogen) atoms. The van der Waals surface area contributed by atoms with Gasteiger partial charge in [-0.05, 0) is 27.7 Å². The van der Waals surface area contributed by atoms with Crippen molar-refractivity contribution in [2.75, 3.05) is 0 Å². The molecule has 0 unspecified atom stereocenters. The van der Waals surface area contributed by atoms with E-state index >= 15 is 0 Å². The van der Waals surface area contributed by atoms with Gasteiger partial charge in [-0.3, -0.25) is 14.4 Å². The Bertz CT molecular complexity index is 255. The summed E-state index contributed by atoms with van der Waals surface area (Å²) in [5, 5.41) is 2.60. The van der Waals surface area contributed by atoms with E-state index in [0.29, 0.717) is 0 Å². The quantitative estimate of drug-likeness (QED) is 0.678. The van der Waals surface area contributed by atoms with Gasteiger partial charge in [0.15, 0.2) is 0 Å². The van der Waals surface area contributed by atoms with Crippen molar-refractivity contribution in [1.29, 1.82) is 0 Å². The van der Waals surface area contributed by atoms with Crippen molar-refractivity contribution >= 4 is 17.5 Å². The minimum absolute atomic E-state index is 0.226. The minimum Gasteiger partial charge on any atom is -0.350 e. The highest BCUT2D eigenvalue weighted by atomic mass is 16.2. The van der Waals surface area contributed by atoms with E-state index in [1.165, 1.54) is 20.8 Å². The number of ketones is 2. The van der Waals surface area contributed by atoms with Crippen LogP contribution in [0.25, 0.3) is 0 Å². The van der Waals surface area contributed by atoms with Crippen LogP contribution < -0.4 is 5.32 Å². The van der Waals surface area contributed by atoms with Gasteiger partial charge in [0.25, 0.3) is 0 Å². The molecule has 0 spiro atoms. The Morgan fingerprint density at radius 1 is 1.00 bits per heavy atom. The van der Waals surface area contributed by atoms with Crippen LogP contribution in [0, 0.1) is 5.92 Å². The highest BCUT2D eigenvalue weighted by Gasteiger charge is 2.36. The van der Waals surface area contributed by atoms with Gasteiger partial charge < -0.3 is 5.32 Å². The number of carbonyl (C=O) groups excluding carboxylic acids is 3. The van der Waals surface area contributed by atoms with Crippen molar-refractivity contribution in [2.45, 2.75) is 40.2 Å². The third-order valence-electron chi connectivity index (χ3n) is 2.03. The van der Waals surface area contributed by atoms with Gasteiger partial charge in [-0.1, -0.05) is 0 Å².